The van der Waals surface area contributed by atoms with Crippen molar-refractivity contribution in [2.24, 2.45) is 0 Å². The average Bonchev–Trinajstić information content (AvgIpc) is 2.56. The van der Waals surface area contributed by atoms with Gasteiger partial charge in [-0.1, -0.05) is 24.3 Å². The van der Waals surface area contributed by atoms with Gasteiger partial charge in [0.1, 0.15) is 11.6 Å². The van der Waals surface area contributed by atoms with E-state index in [4.69, 9.17) is 4.74 Å². The molecule has 2 rings (SSSR count). The number of hydrogen-bond donors (Lipinski definition) is 2. The van der Waals surface area contributed by atoms with Gasteiger partial charge in [-0.15, -0.1) is 0 Å². The minimum atomic E-state index is -0.827. The Hall–Kier alpha value is -2.89. The molecule has 0 radical (unpaired) electrons. The van der Waals surface area contributed by atoms with E-state index in [1.54, 1.807) is 13.0 Å². The Balaban J connectivity index is 1.93. The number of amides is 2. The summed E-state index contributed by atoms with van der Waals surface area (Å²) in [5, 5.41) is 0. The van der Waals surface area contributed by atoms with Crippen LogP contribution in [0, 0.1) is 19.7 Å². The van der Waals surface area contributed by atoms with Crippen LogP contribution in [0.15, 0.2) is 42.5 Å². The van der Waals surface area contributed by atoms with Crippen LogP contribution in [0.4, 0.5) is 4.39 Å². The van der Waals surface area contributed by atoms with Crippen LogP contribution in [0.3, 0.4) is 0 Å². The second kappa shape index (κ2) is 7.59. The van der Waals surface area contributed by atoms with E-state index in [1.807, 2.05) is 26.0 Å². The molecule has 2 amide bonds. The highest BCUT2D eigenvalue weighted by Crippen LogP contribution is 2.21. The van der Waals surface area contributed by atoms with Gasteiger partial charge in [-0.05, 0) is 50.1 Å². The third-order valence-corrected chi connectivity index (χ3v) is 3.65. The number of carbonyl (C=O) groups is 2. The van der Waals surface area contributed by atoms with Crippen molar-refractivity contribution in [3.63, 3.8) is 0 Å². The zero-order valence-electron chi connectivity index (χ0n) is 13.7. The number of ether oxygens (including phenoxy) is 1. The first-order valence-electron chi connectivity index (χ1n) is 7.47. The third kappa shape index (κ3) is 4.10. The Morgan fingerprint density at radius 1 is 1.04 bits per heavy atom. The topological polar surface area (TPSA) is 67.4 Å². The van der Waals surface area contributed by atoms with Crippen molar-refractivity contribution in [1.29, 1.82) is 0 Å². The molecule has 0 fully saturated rings. The number of nitrogens with one attached hydrogen (secondary N) is 2. The van der Waals surface area contributed by atoms with E-state index in [9.17, 15) is 14.0 Å². The van der Waals surface area contributed by atoms with Gasteiger partial charge in [0.15, 0.2) is 6.10 Å². The van der Waals surface area contributed by atoms with Gasteiger partial charge >= 0.3 is 0 Å². The molecule has 2 N–H and O–H groups in total. The highest BCUT2D eigenvalue weighted by molar-refractivity contribution is 5.95. The number of hydrogen-bond acceptors (Lipinski definition) is 3. The van der Waals surface area contributed by atoms with Gasteiger partial charge in [-0.2, -0.15) is 0 Å². The van der Waals surface area contributed by atoms with Crippen LogP contribution >= 0.6 is 0 Å². The monoisotopic (exact) mass is 330 g/mol. The quantitative estimate of drug-likeness (QED) is 0.847. The van der Waals surface area contributed by atoms with Gasteiger partial charge in [0.05, 0.1) is 5.56 Å². The summed E-state index contributed by atoms with van der Waals surface area (Å²) in [6.07, 6.45) is -0.827. The molecule has 24 heavy (non-hydrogen) atoms. The number of hydrazine groups is 1. The Morgan fingerprint density at radius 3 is 2.46 bits per heavy atom. The van der Waals surface area contributed by atoms with Gasteiger partial charge in [0.25, 0.3) is 11.8 Å². The molecule has 2 aromatic carbocycles. The number of aryl methyl sites for hydroxylation is 1. The maximum Gasteiger partial charge on any atom is 0.279 e. The van der Waals surface area contributed by atoms with Crippen molar-refractivity contribution in [1.82, 2.24) is 10.9 Å². The maximum absolute atomic E-state index is 13.5. The summed E-state index contributed by atoms with van der Waals surface area (Å²) in [6, 6.07) is 11.1. The molecule has 126 valence electrons. The van der Waals surface area contributed by atoms with E-state index in [0.29, 0.717) is 5.75 Å². The van der Waals surface area contributed by atoms with Crippen LogP contribution in [-0.2, 0) is 4.79 Å². The Morgan fingerprint density at radius 2 is 1.75 bits per heavy atom. The van der Waals surface area contributed by atoms with Crippen LogP contribution in [0.1, 0.15) is 28.4 Å². The zero-order valence-corrected chi connectivity index (χ0v) is 13.7. The summed E-state index contributed by atoms with van der Waals surface area (Å²) in [6.45, 7) is 5.41. The van der Waals surface area contributed by atoms with E-state index in [2.05, 4.69) is 10.9 Å². The SMILES string of the molecule is Cc1cccc(O[C@H](C)C(=O)NNC(=O)c2ccccc2F)c1C. The van der Waals surface area contributed by atoms with Crippen molar-refractivity contribution in [2.45, 2.75) is 26.9 Å². The Labute approximate surface area is 139 Å². The molecule has 0 aliphatic heterocycles. The predicted molar refractivity (Wildman–Crippen MR) is 88.0 cm³/mol. The van der Waals surface area contributed by atoms with Gasteiger partial charge in [-0.3, -0.25) is 20.4 Å². The lowest BCUT2D eigenvalue weighted by atomic mass is 10.1. The zero-order chi connectivity index (χ0) is 17.7. The van der Waals surface area contributed by atoms with Crippen LogP contribution in [0.5, 0.6) is 5.75 Å². The van der Waals surface area contributed by atoms with E-state index in [-0.39, 0.29) is 5.56 Å². The normalized spacial score (nSPS) is 11.5. The fourth-order valence-electron chi connectivity index (χ4n) is 2.03. The lowest BCUT2D eigenvalue weighted by Crippen LogP contribution is -2.47. The van der Waals surface area contributed by atoms with Gasteiger partial charge < -0.3 is 4.74 Å². The van der Waals surface area contributed by atoms with Crippen molar-refractivity contribution < 1.29 is 18.7 Å². The second-order valence-electron chi connectivity index (χ2n) is 5.38. The molecule has 0 saturated carbocycles. The largest absolute Gasteiger partial charge is 0.481 e. The molecule has 6 heteroatoms. The van der Waals surface area contributed by atoms with Gasteiger partial charge in [0.2, 0.25) is 0 Å². The predicted octanol–water partition coefficient (Wildman–Crippen LogP) is 2.67. The van der Waals surface area contributed by atoms with Crippen molar-refractivity contribution in [3.05, 3.63) is 65.0 Å². The van der Waals surface area contributed by atoms with Crippen molar-refractivity contribution in [2.75, 3.05) is 0 Å². The molecule has 0 heterocycles. The van der Waals surface area contributed by atoms with Gasteiger partial charge in [-0.25, -0.2) is 4.39 Å². The van der Waals surface area contributed by atoms with Crippen LogP contribution in [-0.4, -0.2) is 17.9 Å². The summed E-state index contributed by atoms with van der Waals surface area (Å²) >= 11 is 0. The fourth-order valence-corrected chi connectivity index (χ4v) is 2.03. The van der Waals surface area contributed by atoms with Crippen LogP contribution in [0.25, 0.3) is 0 Å². The molecule has 0 aromatic heterocycles. The molecule has 0 aliphatic rings. The molecular formula is C18H19FN2O3. The van der Waals surface area contributed by atoms with Crippen LogP contribution in [0.2, 0.25) is 0 Å². The Kier molecular flexibility index (Phi) is 5.52. The fraction of sp³-hybridized carbons (Fsp3) is 0.222. The van der Waals surface area contributed by atoms with Crippen molar-refractivity contribution in [3.8, 4) is 5.75 Å². The molecule has 2 aromatic rings. The summed E-state index contributed by atoms with van der Waals surface area (Å²) in [5.74, 6) is -1.34. The minimum absolute atomic E-state index is 0.152. The van der Waals surface area contributed by atoms with E-state index in [0.717, 1.165) is 11.1 Å². The highest BCUT2D eigenvalue weighted by atomic mass is 19.1. The number of carbonyl (C=O) groups excluding carboxylic acids is 2. The lowest BCUT2D eigenvalue weighted by molar-refractivity contribution is -0.128. The number of benzene rings is 2. The molecule has 0 spiro atoms. The first kappa shape index (κ1) is 17.5. The highest BCUT2D eigenvalue weighted by Gasteiger charge is 2.18. The number of halogens is 1. The molecule has 1 atom stereocenters. The summed E-state index contributed by atoms with van der Waals surface area (Å²) < 4.78 is 19.1. The first-order chi connectivity index (χ1) is 11.4. The summed E-state index contributed by atoms with van der Waals surface area (Å²) in [5.41, 5.74) is 6.24. The van der Waals surface area contributed by atoms with Crippen LogP contribution < -0.4 is 15.6 Å². The molecule has 0 saturated heterocycles. The lowest BCUT2D eigenvalue weighted by Gasteiger charge is -2.17. The molecule has 0 aliphatic carbocycles. The van der Waals surface area contributed by atoms with E-state index >= 15 is 0 Å². The molecule has 0 unspecified atom stereocenters. The van der Waals surface area contributed by atoms with Gasteiger partial charge in [0, 0.05) is 0 Å². The summed E-state index contributed by atoms with van der Waals surface area (Å²) in [7, 11) is 0. The van der Waals surface area contributed by atoms with E-state index in [1.165, 1.54) is 24.3 Å². The van der Waals surface area contributed by atoms with E-state index < -0.39 is 23.7 Å². The Bertz CT molecular complexity index is 762. The molecule has 5 nitrogen and oxygen atoms in total. The average molecular weight is 330 g/mol. The van der Waals surface area contributed by atoms with Crippen molar-refractivity contribution >= 4 is 11.8 Å². The smallest absolute Gasteiger partial charge is 0.279 e. The second-order valence-corrected chi connectivity index (χ2v) is 5.38. The molecular weight excluding hydrogens is 311 g/mol. The molecule has 0 bridgehead atoms. The number of rotatable bonds is 4. The summed E-state index contributed by atoms with van der Waals surface area (Å²) in [4.78, 5) is 23.9. The maximum atomic E-state index is 13.5. The first-order valence-corrected chi connectivity index (χ1v) is 7.47. The standard InChI is InChI=1S/C18H19FN2O3/c1-11-7-6-10-16(12(11)2)24-13(3)17(22)20-21-18(23)14-8-4-5-9-15(14)19/h4-10,13H,1-3H3,(H,20,22)(H,21,23)/t13-/m1/s1. The minimum Gasteiger partial charge on any atom is -0.481 e. The third-order valence-electron chi connectivity index (χ3n) is 3.65.